The Morgan fingerprint density at radius 2 is 1.41 bits per heavy atom. The van der Waals surface area contributed by atoms with E-state index in [-0.39, 0.29) is 74.7 Å². The van der Waals surface area contributed by atoms with Gasteiger partial charge in [-0.1, -0.05) is 18.2 Å². The molecule has 3 aromatic carbocycles. The number of aromatic hydroxyl groups is 4. The Labute approximate surface area is 232 Å². The van der Waals surface area contributed by atoms with E-state index in [2.05, 4.69) is 0 Å². The molecule has 0 saturated heterocycles. The van der Waals surface area contributed by atoms with Crippen molar-refractivity contribution in [3.05, 3.63) is 93.1 Å². The molecule has 10 heteroatoms. The minimum atomic E-state index is -1.26. The van der Waals surface area contributed by atoms with Crippen molar-refractivity contribution in [1.82, 2.24) is 0 Å². The van der Waals surface area contributed by atoms with Gasteiger partial charge < -0.3 is 36.5 Å². The highest BCUT2D eigenvalue weighted by Crippen LogP contribution is 2.67. The smallest absolute Gasteiger partial charge is 0.195 e. The van der Waals surface area contributed by atoms with Gasteiger partial charge in [-0.3, -0.25) is 14.4 Å². The number of phenolic OH excluding ortho intramolecular Hbond substituents is 4. The van der Waals surface area contributed by atoms with Crippen LogP contribution in [0.2, 0.25) is 0 Å². The number of carbonyl (C=O) groups excluding carboxylic acids is 3. The Morgan fingerprint density at radius 3 is 2.10 bits per heavy atom. The van der Waals surface area contributed by atoms with E-state index < -0.39 is 34.8 Å². The molecule has 3 aromatic rings. The summed E-state index contributed by atoms with van der Waals surface area (Å²) in [6.45, 7) is 1.43. The van der Waals surface area contributed by atoms with Crippen molar-refractivity contribution < 1.29 is 50.9 Å². The average molecular weight is 559 g/mol. The van der Waals surface area contributed by atoms with Crippen LogP contribution in [0.5, 0.6) is 23.0 Å². The highest BCUT2D eigenvalue weighted by molar-refractivity contribution is 6.25. The zero-order chi connectivity index (χ0) is 27.5. The van der Waals surface area contributed by atoms with Crippen LogP contribution in [0.4, 0.5) is 0 Å². The standard InChI is InChI=1S/C31H22O8.2H2O/c1-12(32)15-11-17-25-19(5-6-21(35)28(25)30(15)39)31-13(8-23(37)27-18(31)3-2-4-20(27)34)7-22(36)26-16(29(17)31)9-14(33)10-24(26)38;;/h2-6,9-13,32-35,38H,7-8H2,1H3;2*1H2/t12-,13-,31-;;/m1../s1. The van der Waals surface area contributed by atoms with Gasteiger partial charge in [0.05, 0.1) is 28.2 Å². The van der Waals surface area contributed by atoms with Crippen molar-refractivity contribution in [2.24, 2.45) is 5.92 Å². The van der Waals surface area contributed by atoms with Gasteiger partial charge in [0.15, 0.2) is 17.3 Å². The third-order valence-corrected chi connectivity index (χ3v) is 8.65. The molecule has 210 valence electrons. The topological polar surface area (TPSA) is 215 Å². The number of hydrogen-bond donors (Lipinski definition) is 5. The van der Waals surface area contributed by atoms with Gasteiger partial charge in [0.1, 0.15) is 23.0 Å². The summed E-state index contributed by atoms with van der Waals surface area (Å²) in [6, 6.07) is 10.2. The summed E-state index contributed by atoms with van der Waals surface area (Å²) >= 11 is 0. The molecule has 9 N–H and O–H groups in total. The second kappa shape index (κ2) is 8.87. The molecule has 1 spiro atoms. The molecule has 0 heterocycles. The molecule has 0 aliphatic heterocycles. The Kier molecular flexibility index (Phi) is 6.01. The molecule has 10 nitrogen and oxygen atoms in total. The number of allylic oxidation sites excluding steroid dienone is 3. The lowest BCUT2D eigenvalue weighted by Crippen LogP contribution is -2.42. The summed E-state index contributed by atoms with van der Waals surface area (Å²) in [7, 11) is 0. The van der Waals surface area contributed by atoms with Crippen molar-refractivity contribution in [2.45, 2.75) is 31.3 Å². The lowest BCUT2D eigenvalue weighted by Gasteiger charge is -2.44. The molecule has 41 heavy (non-hydrogen) atoms. The number of aliphatic hydroxyl groups excluding tert-OH is 1. The Balaban J connectivity index is 0.00000169. The highest BCUT2D eigenvalue weighted by Gasteiger charge is 2.60. The Bertz CT molecular complexity index is 1790. The first-order chi connectivity index (χ1) is 18.6. The van der Waals surface area contributed by atoms with Gasteiger partial charge >= 0.3 is 0 Å². The van der Waals surface area contributed by atoms with Gasteiger partial charge in [-0.25, -0.2) is 0 Å². The van der Waals surface area contributed by atoms with Crippen LogP contribution >= 0.6 is 0 Å². The predicted molar refractivity (Wildman–Crippen MR) is 146 cm³/mol. The number of aliphatic hydroxyl groups is 1. The normalized spacial score (nSPS) is 22.1. The van der Waals surface area contributed by atoms with E-state index in [1.54, 1.807) is 18.2 Å². The van der Waals surface area contributed by atoms with Crippen LogP contribution in [-0.4, -0.2) is 59.9 Å². The molecule has 0 unspecified atom stereocenters. The Morgan fingerprint density at radius 1 is 0.780 bits per heavy atom. The fourth-order valence-corrected chi connectivity index (χ4v) is 7.30. The highest BCUT2D eigenvalue weighted by atomic mass is 16.3. The van der Waals surface area contributed by atoms with E-state index in [1.807, 2.05) is 0 Å². The number of rotatable bonds is 1. The molecule has 4 aliphatic carbocycles. The number of carbonyl (C=O) groups is 3. The zero-order valence-electron chi connectivity index (χ0n) is 21.6. The van der Waals surface area contributed by atoms with Crippen molar-refractivity contribution >= 4 is 28.5 Å². The first kappa shape index (κ1) is 27.8. The minimum absolute atomic E-state index is 0. The third kappa shape index (κ3) is 3.20. The average Bonchev–Trinajstić information content (AvgIpc) is 3.09. The van der Waals surface area contributed by atoms with Crippen LogP contribution in [0.1, 0.15) is 73.1 Å². The van der Waals surface area contributed by atoms with Crippen LogP contribution in [-0.2, 0) is 5.41 Å². The van der Waals surface area contributed by atoms with Gasteiger partial charge in [-0.15, -0.1) is 0 Å². The summed E-state index contributed by atoms with van der Waals surface area (Å²) in [5.74, 6) is -3.22. The number of benzene rings is 3. The zero-order valence-corrected chi connectivity index (χ0v) is 21.6. The van der Waals surface area contributed by atoms with Gasteiger partial charge in [-0.05, 0) is 65.0 Å². The van der Waals surface area contributed by atoms with Crippen molar-refractivity contribution in [3.8, 4) is 23.0 Å². The lowest BCUT2D eigenvalue weighted by molar-refractivity contribution is 0.0882. The maximum Gasteiger partial charge on any atom is 0.195 e. The summed E-state index contributed by atoms with van der Waals surface area (Å²) in [5.41, 5.74) is 1.31. The fourth-order valence-electron chi connectivity index (χ4n) is 7.30. The summed E-state index contributed by atoms with van der Waals surface area (Å²) < 4.78 is 0. The van der Waals surface area contributed by atoms with Crippen LogP contribution < -0.4 is 0 Å². The fraction of sp³-hybridized carbons (Fsp3) is 0.194. The number of Topliss-reactive ketones (excluding diaryl/α,β-unsaturated/α-hetero) is 3. The number of fused-ring (bicyclic) bond motifs is 3. The van der Waals surface area contributed by atoms with Gasteiger partial charge in [0.25, 0.3) is 0 Å². The maximum absolute atomic E-state index is 13.7. The van der Waals surface area contributed by atoms with E-state index in [4.69, 9.17) is 0 Å². The third-order valence-electron chi connectivity index (χ3n) is 8.65. The predicted octanol–water partition coefficient (Wildman–Crippen LogP) is 2.36. The SMILES string of the molecule is C[C@@H](O)C1=CC2=C3c4cc(O)cc(O)c4C(=O)C[C@@H]4CC(=O)c5c(O)cccc5[C@]34c3ccc(O)c(c32)C1=O.O.O. The molecule has 0 amide bonds. The van der Waals surface area contributed by atoms with E-state index in [1.165, 1.54) is 31.2 Å². The molecule has 0 fully saturated rings. The summed E-state index contributed by atoms with van der Waals surface area (Å²) in [6.07, 6.45) is 0.0889. The number of phenols is 4. The number of ketones is 3. The van der Waals surface area contributed by atoms with Crippen LogP contribution in [0.25, 0.3) is 11.1 Å². The molecule has 0 radical (unpaired) electrons. The van der Waals surface area contributed by atoms with Crippen LogP contribution in [0, 0.1) is 5.92 Å². The van der Waals surface area contributed by atoms with Gasteiger partial charge in [-0.2, -0.15) is 0 Å². The molecule has 4 aliphatic rings. The monoisotopic (exact) mass is 558 g/mol. The second-order valence-electron chi connectivity index (χ2n) is 10.6. The van der Waals surface area contributed by atoms with Crippen LogP contribution in [0.3, 0.4) is 0 Å². The van der Waals surface area contributed by atoms with Crippen molar-refractivity contribution in [3.63, 3.8) is 0 Å². The number of hydrogen-bond acceptors (Lipinski definition) is 8. The lowest BCUT2D eigenvalue weighted by atomic mass is 9.56. The van der Waals surface area contributed by atoms with E-state index >= 15 is 0 Å². The molecule has 0 saturated carbocycles. The quantitative estimate of drug-likeness (QED) is 0.298. The second-order valence-corrected chi connectivity index (χ2v) is 10.6. The van der Waals surface area contributed by atoms with E-state index in [0.29, 0.717) is 27.8 Å². The van der Waals surface area contributed by atoms with Crippen molar-refractivity contribution in [2.75, 3.05) is 0 Å². The molecular weight excluding hydrogens is 532 g/mol. The molecular formula is C31H26O10. The van der Waals surface area contributed by atoms with Gasteiger partial charge in [0.2, 0.25) is 0 Å². The molecule has 0 aromatic heterocycles. The molecule has 0 bridgehead atoms. The van der Waals surface area contributed by atoms with E-state index in [0.717, 1.165) is 6.07 Å². The largest absolute Gasteiger partial charge is 0.508 e. The first-order valence-electron chi connectivity index (χ1n) is 12.6. The summed E-state index contributed by atoms with van der Waals surface area (Å²) in [4.78, 5) is 40.7. The first-order valence-corrected chi connectivity index (χ1v) is 12.6. The van der Waals surface area contributed by atoms with Crippen molar-refractivity contribution in [1.29, 1.82) is 0 Å². The maximum atomic E-state index is 13.7. The molecule has 3 atom stereocenters. The Hall–Kier alpha value is -4.77. The van der Waals surface area contributed by atoms with Gasteiger partial charge in [0, 0.05) is 30.0 Å². The molecule has 7 rings (SSSR count). The minimum Gasteiger partial charge on any atom is -0.508 e. The summed E-state index contributed by atoms with van der Waals surface area (Å²) in [5, 5.41) is 53.7. The van der Waals surface area contributed by atoms with Crippen LogP contribution in [0.15, 0.2) is 54.1 Å². The van der Waals surface area contributed by atoms with E-state index in [9.17, 15) is 39.9 Å².